The first-order valence-electron chi connectivity index (χ1n) is 7.13. The molecule has 0 aliphatic carbocycles. The number of phenols is 2. The molecule has 0 bridgehead atoms. The van der Waals surface area contributed by atoms with Crippen LogP contribution in [-0.4, -0.2) is 62.0 Å². The molecule has 0 aliphatic rings. The Morgan fingerprint density at radius 2 is 0.439 bits per heavy atom. The molecule has 41 heavy (non-hydrogen) atoms. The molecule has 0 spiro atoms. The van der Waals surface area contributed by atoms with Gasteiger partial charge in [-0.1, -0.05) is 0 Å². The number of phenolic OH excluding ortho intramolecular Hbond substituents is 2. The molecule has 0 saturated carbocycles. The van der Waals surface area contributed by atoms with Crippen molar-refractivity contribution in [3.8, 4) is 11.5 Å². The van der Waals surface area contributed by atoms with Gasteiger partial charge in [0, 0.05) is 142 Å². The first-order chi connectivity index (χ1) is 12.0. The molecule has 44 N–H and O–H groups in total. The van der Waals surface area contributed by atoms with E-state index >= 15 is 0 Å². The molecular weight excluding hydrogens is 1020 g/mol. The fourth-order valence-electron chi connectivity index (χ4n) is 1.91. The van der Waals surface area contributed by atoms with Crippen LogP contribution in [0.1, 0.15) is 47.4 Å². The Morgan fingerprint density at radius 1 is 0.317 bits per heavy atom. The van der Waals surface area contributed by atoms with Gasteiger partial charge in [0.2, 0.25) is 0 Å². The van der Waals surface area contributed by atoms with Gasteiger partial charge in [0.05, 0.1) is 0 Å². The second-order valence-electron chi connectivity index (χ2n) is 5.21. The summed E-state index contributed by atoms with van der Waals surface area (Å²) in [5, 5.41) is 88.0. The van der Waals surface area contributed by atoms with Crippen LogP contribution in [0.4, 0.5) is 0 Å². The van der Waals surface area contributed by atoms with Crippen LogP contribution in [-0.2, 0) is 54.8 Å². The molecule has 0 saturated heterocycles. The van der Waals surface area contributed by atoms with Crippen LogP contribution in [0.25, 0.3) is 0 Å². The van der Waals surface area contributed by atoms with E-state index in [0.29, 0.717) is 0 Å². The summed E-state index contributed by atoms with van der Waals surface area (Å²) in [4.78, 5) is 0. The Bertz CT molecular complexity index is 626. The monoisotopic (exact) mass is 1070 g/mol. The fraction of sp³-hybridized carbons (Fsp3) is 0.250. The van der Waals surface area contributed by atoms with Crippen LogP contribution < -0.4 is 0 Å². The van der Waals surface area contributed by atoms with Gasteiger partial charge in [-0.15, -0.1) is 0 Å². The molecular formula is C16H54Gd3O22+10. The summed E-state index contributed by atoms with van der Waals surface area (Å²) >= 11 is 0. The van der Waals surface area contributed by atoms with Crippen molar-refractivity contribution < 1.29 is 237 Å². The number of aliphatic hydroxyl groups excluding tert-OH is 4. The Morgan fingerprint density at radius 3 is 0.537 bits per heavy atom. The topological polar surface area (TPSA) is 595 Å². The van der Waals surface area contributed by atoms with Gasteiger partial charge in [0.15, 0.2) is 25.2 Å². The van der Waals surface area contributed by atoms with Crippen molar-refractivity contribution in [1.82, 2.24) is 0 Å². The molecule has 0 aromatic heterocycles. The minimum absolute atomic E-state index is 0. The van der Waals surface area contributed by atoms with Gasteiger partial charge >= 0.3 is 0 Å². The maximum atomic E-state index is 9.05. The normalized spacial score (nSPS) is 7.12. The average molecular weight is 1070 g/mol. The number of aromatic hydroxyl groups is 2. The molecule has 25 heteroatoms. The molecule has 2 aromatic carbocycles. The predicted molar refractivity (Wildman–Crippen MR) is 141 cm³/mol. The fourth-order valence-corrected chi connectivity index (χ4v) is 1.91. The van der Waals surface area contributed by atoms with Crippen molar-refractivity contribution in [2.75, 3.05) is 0 Å². The van der Waals surface area contributed by atoms with Gasteiger partial charge in [-0.3, -0.25) is 0 Å². The van der Waals surface area contributed by atoms with Gasteiger partial charge in [-0.05, 0) is 36.4 Å². The molecule has 264 valence electrons. The Hall–Kier alpha value is 1.21. The van der Waals surface area contributed by atoms with E-state index in [9.17, 15) is 0 Å². The van der Waals surface area contributed by atoms with E-state index in [1.165, 1.54) is 12.1 Å². The van der Waals surface area contributed by atoms with E-state index in [-0.39, 0.29) is 219 Å². The van der Waals surface area contributed by atoms with Crippen molar-refractivity contribution in [3.63, 3.8) is 0 Å². The maximum Gasteiger partial charge on any atom is 0.178 e. The number of hydrogen-bond donors (Lipinski definition) is 10. The van der Waals surface area contributed by atoms with E-state index in [1.54, 1.807) is 0 Å². The second-order valence-corrected chi connectivity index (χ2v) is 5.21. The zero-order valence-electron chi connectivity index (χ0n) is 21.1. The standard InChI is InChI=1S/2C8H10O5.3Gd.12H2O/c2*9-6-2-4(7(10)11)1-5(3-6)8(12)13;;;;;;;;;;;;;;;/h2*1-3,7-13H;;;;12*1H2/p+10. The minimum Gasteiger partial charge on any atom is -0.508 e. The summed E-state index contributed by atoms with van der Waals surface area (Å²) in [6.07, 6.45) is -6.98. The average Bonchev–Trinajstić information content (AvgIpc) is 2.54. The van der Waals surface area contributed by atoms with E-state index < -0.39 is 25.2 Å². The molecule has 0 aliphatic heterocycles. The summed E-state index contributed by atoms with van der Waals surface area (Å²) in [6, 6.07) is 6.84. The minimum atomic E-state index is -1.75. The molecule has 0 heterocycles. The van der Waals surface area contributed by atoms with Crippen LogP contribution in [0.2, 0.25) is 0 Å². The molecule has 0 fully saturated rings. The summed E-state index contributed by atoms with van der Waals surface area (Å²) < 4.78 is 0. The number of hydrogen-bond acceptors (Lipinski definition) is 10. The van der Waals surface area contributed by atoms with Gasteiger partial charge in [0.25, 0.3) is 0 Å². The third-order valence-electron chi connectivity index (χ3n) is 3.12. The van der Waals surface area contributed by atoms with Crippen LogP contribution in [0.3, 0.4) is 0 Å². The molecule has 0 radical (unpaired) electrons. The zero-order valence-corrected chi connectivity index (χ0v) is 27.9. The first-order valence-corrected chi connectivity index (χ1v) is 7.13. The van der Waals surface area contributed by atoms with Crippen molar-refractivity contribution in [2.45, 2.75) is 25.2 Å². The van der Waals surface area contributed by atoms with Crippen molar-refractivity contribution in [1.29, 1.82) is 0 Å². The number of aliphatic hydroxyl groups is 8. The van der Waals surface area contributed by atoms with Crippen LogP contribution in [0, 0.1) is 120 Å². The molecule has 2 rings (SSSR count). The summed E-state index contributed by atoms with van der Waals surface area (Å²) in [7, 11) is 0. The van der Waals surface area contributed by atoms with Crippen LogP contribution in [0.5, 0.6) is 11.5 Å². The zero-order chi connectivity index (χ0) is 20.0. The molecule has 2 aromatic rings. The molecule has 0 atom stereocenters. The van der Waals surface area contributed by atoms with Crippen molar-refractivity contribution >= 4 is 0 Å². The predicted octanol–water partition coefficient (Wildman–Crippen LogP) is -12.2. The molecule has 0 amide bonds. The quantitative estimate of drug-likeness (QED) is 0.102. The van der Waals surface area contributed by atoms with E-state index in [4.69, 9.17) is 51.1 Å². The Balaban J connectivity index is -0.0000000186. The molecule has 0 unspecified atom stereocenters. The largest absolute Gasteiger partial charge is 0.508 e. The van der Waals surface area contributed by atoms with Gasteiger partial charge in [0.1, 0.15) is 11.5 Å². The van der Waals surface area contributed by atoms with E-state index in [2.05, 4.69) is 0 Å². The maximum absolute atomic E-state index is 9.05. The van der Waals surface area contributed by atoms with Crippen molar-refractivity contribution in [2.24, 2.45) is 0 Å². The first kappa shape index (κ1) is 96.8. The van der Waals surface area contributed by atoms with E-state index in [0.717, 1.165) is 24.3 Å². The molecule has 22 nitrogen and oxygen atoms in total. The number of benzene rings is 2. The van der Waals surface area contributed by atoms with Crippen LogP contribution in [0.15, 0.2) is 36.4 Å². The third-order valence-corrected chi connectivity index (χ3v) is 3.12. The van der Waals surface area contributed by atoms with Gasteiger partial charge < -0.3 is 117 Å². The van der Waals surface area contributed by atoms with Gasteiger partial charge in [-0.2, -0.15) is 0 Å². The second kappa shape index (κ2) is 48.1. The Kier molecular flexibility index (Phi) is 114. The van der Waals surface area contributed by atoms with Gasteiger partial charge in [-0.25, -0.2) is 0 Å². The van der Waals surface area contributed by atoms with Crippen LogP contribution >= 0.6 is 0 Å². The number of rotatable bonds is 4. The SMILES string of the molecule is O.O.Oc1cc(C(O)O)cc(C(O)O)c1.Oc1cc(C(O)O)cc(C(O)O)c1.[Gd].[Gd].[Gd].[OH3+].[OH3+].[OH3+].[OH3+].[OH3+].[OH3+].[OH3+].[OH3+].[OH3+].[OH3+]. The third kappa shape index (κ3) is 37.3. The smallest absolute Gasteiger partial charge is 0.178 e. The van der Waals surface area contributed by atoms with Crippen molar-refractivity contribution in [3.05, 3.63) is 58.7 Å². The summed E-state index contributed by atoms with van der Waals surface area (Å²) in [6.45, 7) is 0. The van der Waals surface area contributed by atoms with E-state index in [1.807, 2.05) is 0 Å². The summed E-state index contributed by atoms with van der Waals surface area (Å²) in [5.74, 6) is -0.512. The summed E-state index contributed by atoms with van der Waals surface area (Å²) in [5.41, 5.74) is 0.0115. The Labute approximate surface area is 327 Å².